The molecule has 1 fully saturated rings. The fourth-order valence-electron chi connectivity index (χ4n) is 2.87. The molecular weight excluding hydrogens is 356 g/mol. The Morgan fingerprint density at radius 1 is 1.38 bits per heavy atom. The van der Waals surface area contributed by atoms with Crippen LogP contribution in [0.4, 0.5) is 15.6 Å². The Morgan fingerprint density at radius 2 is 2.12 bits per heavy atom. The molecule has 140 valence electrons. The molecule has 26 heavy (non-hydrogen) atoms. The maximum absolute atomic E-state index is 12.3. The highest BCUT2D eigenvalue weighted by Crippen LogP contribution is 2.33. The average molecular weight is 378 g/mol. The fraction of sp³-hybridized carbons (Fsp3) is 0.529. The van der Waals surface area contributed by atoms with E-state index >= 15 is 0 Å². The Labute approximate surface area is 155 Å². The summed E-state index contributed by atoms with van der Waals surface area (Å²) in [7, 11) is 0. The van der Waals surface area contributed by atoms with Gasteiger partial charge in [-0.25, -0.2) is 9.78 Å². The van der Waals surface area contributed by atoms with E-state index in [1.54, 1.807) is 11.0 Å². The number of ether oxygens (including phenoxy) is 1. The Kier molecular flexibility index (Phi) is 4.74. The molecule has 2 aromatic rings. The number of hydrogen-bond acceptors (Lipinski definition) is 7. The van der Waals surface area contributed by atoms with Crippen LogP contribution in [-0.4, -0.2) is 52.2 Å². The van der Waals surface area contributed by atoms with Crippen LogP contribution in [0.2, 0.25) is 0 Å². The van der Waals surface area contributed by atoms with Crippen LogP contribution in [0.15, 0.2) is 18.2 Å². The van der Waals surface area contributed by atoms with E-state index in [9.17, 15) is 14.9 Å². The number of carbonyl (C=O) groups is 1. The van der Waals surface area contributed by atoms with E-state index in [0.29, 0.717) is 25.2 Å². The maximum atomic E-state index is 12.3. The molecule has 1 atom stereocenters. The van der Waals surface area contributed by atoms with Crippen LogP contribution in [0.25, 0.3) is 10.2 Å². The highest BCUT2D eigenvalue weighted by atomic mass is 32.1. The first kappa shape index (κ1) is 18.4. The molecule has 1 aromatic carbocycles. The van der Waals surface area contributed by atoms with Gasteiger partial charge < -0.3 is 14.5 Å². The number of nitro benzene ring substituents is 1. The van der Waals surface area contributed by atoms with Gasteiger partial charge in [-0.2, -0.15) is 0 Å². The van der Waals surface area contributed by atoms with Crippen LogP contribution in [0.5, 0.6) is 0 Å². The van der Waals surface area contributed by atoms with E-state index in [2.05, 4.69) is 9.88 Å². The van der Waals surface area contributed by atoms with Crippen molar-refractivity contribution in [2.45, 2.75) is 39.3 Å². The van der Waals surface area contributed by atoms with Gasteiger partial charge in [-0.05, 0) is 33.8 Å². The topological polar surface area (TPSA) is 88.8 Å². The fourth-order valence-corrected chi connectivity index (χ4v) is 3.95. The van der Waals surface area contributed by atoms with Crippen molar-refractivity contribution < 1.29 is 14.5 Å². The summed E-state index contributed by atoms with van der Waals surface area (Å²) >= 11 is 1.51. The molecule has 9 heteroatoms. The normalized spacial score (nSPS) is 18.2. The quantitative estimate of drug-likeness (QED) is 0.585. The van der Waals surface area contributed by atoms with Crippen molar-refractivity contribution in [3.05, 3.63) is 28.3 Å². The minimum absolute atomic E-state index is 0.0390. The molecule has 1 saturated heterocycles. The molecule has 0 aliphatic carbocycles. The first-order chi connectivity index (χ1) is 12.1. The SMILES string of the molecule is CC1CN(C(=O)OC(C)(C)C)CCN1c1nc2cc([N+](=O)[O-])ccc2s1. The van der Waals surface area contributed by atoms with Gasteiger partial charge in [0.15, 0.2) is 5.13 Å². The largest absolute Gasteiger partial charge is 0.444 e. The van der Waals surface area contributed by atoms with E-state index in [1.165, 1.54) is 23.5 Å². The number of anilines is 1. The molecule has 8 nitrogen and oxygen atoms in total. The zero-order chi connectivity index (χ0) is 19.1. The molecule has 0 saturated carbocycles. The molecule has 1 aliphatic heterocycles. The van der Waals surface area contributed by atoms with Gasteiger partial charge in [0, 0.05) is 37.8 Å². The molecule has 0 N–H and O–H groups in total. The summed E-state index contributed by atoms with van der Waals surface area (Å²) in [5, 5.41) is 11.7. The first-order valence-corrected chi connectivity index (χ1v) is 9.25. The second-order valence-electron chi connectivity index (χ2n) is 7.37. The minimum Gasteiger partial charge on any atom is -0.444 e. The van der Waals surface area contributed by atoms with E-state index < -0.39 is 10.5 Å². The molecule has 0 bridgehead atoms. The summed E-state index contributed by atoms with van der Waals surface area (Å²) < 4.78 is 6.35. The van der Waals surface area contributed by atoms with Crippen molar-refractivity contribution in [2.24, 2.45) is 0 Å². The smallest absolute Gasteiger partial charge is 0.410 e. The number of carbonyl (C=O) groups excluding carboxylic acids is 1. The molecule has 0 spiro atoms. The number of nitrogens with zero attached hydrogens (tertiary/aromatic N) is 4. The number of benzene rings is 1. The summed E-state index contributed by atoms with van der Waals surface area (Å²) in [6, 6.07) is 4.80. The van der Waals surface area contributed by atoms with Crippen LogP contribution in [-0.2, 0) is 4.74 Å². The Bertz CT molecular complexity index is 845. The molecule has 1 amide bonds. The van der Waals surface area contributed by atoms with E-state index in [4.69, 9.17) is 4.74 Å². The third kappa shape index (κ3) is 3.87. The Balaban J connectivity index is 1.74. The van der Waals surface area contributed by atoms with Crippen LogP contribution in [0.1, 0.15) is 27.7 Å². The molecule has 1 aliphatic rings. The molecule has 3 rings (SSSR count). The third-order valence-corrected chi connectivity index (χ3v) is 5.17. The summed E-state index contributed by atoms with van der Waals surface area (Å²) in [6.45, 7) is 9.33. The summed E-state index contributed by atoms with van der Waals surface area (Å²) in [5.74, 6) is 0. The van der Waals surface area contributed by atoms with Crippen molar-refractivity contribution in [1.82, 2.24) is 9.88 Å². The lowest BCUT2D eigenvalue weighted by atomic mass is 10.2. The van der Waals surface area contributed by atoms with Gasteiger partial charge >= 0.3 is 6.09 Å². The lowest BCUT2D eigenvalue weighted by Crippen LogP contribution is -2.54. The van der Waals surface area contributed by atoms with Crippen molar-refractivity contribution in [3.63, 3.8) is 0 Å². The molecule has 0 radical (unpaired) electrons. The van der Waals surface area contributed by atoms with Crippen LogP contribution in [0, 0.1) is 10.1 Å². The number of piperazine rings is 1. The molecular formula is C17H22N4O4S. The molecule has 1 aromatic heterocycles. The second-order valence-corrected chi connectivity index (χ2v) is 8.38. The zero-order valence-electron chi connectivity index (χ0n) is 15.3. The standard InChI is InChI=1S/C17H22N4O4S/c1-11-10-19(16(22)25-17(2,3)4)7-8-20(11)15-18-13-9-12(21(23)24)5-6-14(13)26-15/h5-6,9,11H,7-8,10H2,1-4H3. The second kappa shape index (κ2) is 6.71. The van der Waals surface area contributed by atoms with Crippen molar-refractivity contribution >= 4 is 38.5 Å². The lowest BCUT2D eigenvalue weighted by Gasteiger charge is -2.40. The van der Waals surface area contributed by atoms with Gasteiger partial charge in [0.25, 0.3) is 5.69 Å². The summed E-state index contributed by atoms with van der Waals surface area (Å²) in [5.41, 5.74) is 0.150. The molecule has 1 unspecified atom stereocenters. The lowest BCUT2D eigenvalue weighted by molar-refractivity contribution is -0.384. The monoisotopic (exact) mass is 378 g/mol. The van der Waals surface area contributed by atoms with Crippen molar-refractivity contribution in [1.29, 1.82) is 0 Å². The van der Waals surface area contributed by atoms with Gasteiger partial charge in [-0.15, -0.1) is 0 Å². The van der Waals surface area contributed by atoms with Crippen LogP contribution >= 0.6 is 11.3 Å². The number of fused-ring (bicyclic) bond motifs is 1. The third-order valence-electron chi connectivity index (χ3n) is 4.10. The predicted octanol–water partition coefficient (Wildman–Crippen LogP) is 3.65. The zero-order valence-corrected chi connectivity index (χ0v) is 16.1. The predicted molar refractivity (Wildman–Crippen MR) is 101 cm³/mol. The maximum Gasteiger partial charge on any atom is 0.410 e. The number of hydrogen-bond donors (Lipinski definition) is 0. The van der Waals surface area contributed by atoms with E-state index in [1.807, 2.05) is 27.7 Å². The minimum atomic E-state index is -0.515. The van der Waals surface area contributed by atoms with Crippen LogP contribution in [0.3, 0.4) is 0 Å². The Hall–Kier alpha value is -2.42. The summed E-state index contributed by atoms with van der Waals surface area (Å²) in [6.07, 6.45) is -0.302. The number of thiazole rings is 1. The first-order valence-electron chi connectivity index (χ1n) is 8.43. The van der Waals surface area contributed by atoms with Crippen molar-refractivity contribution in [3.8, 4) is 0 Å². The number of rotatable bonds is 2. The highest BCUT2D eigenvalue weighted by Gasteiger charge is 2.31. The number of non-ortho nitro benzene ring substituents is 1. The van der Waals surface area contributed by atoms with Crippen LogP contribution < -0.4 is 4.90 Å². The van der Waals surface area contributed by atoms with Gasteiger partial charge in [0.05, 0.1) is 15.1 Å². The molecule has 2 heterocycles. The van der Waals surface area contributed by atoms with Gasteiger partial charge in [-0.3, -0.25) is 10.1 Å². The van der Waals surface area contributed by atoms with Gasteiger partial charge in [-0.1, -0.05) is 11.3 Å². The average Bonchev–Trinajstić information content (AvgIpc) is 2.95. The van der Waals surface area contributed by atoms with E-state index in [-0.39, 0.29) is 17.8 Å². The number of amides is 1. The van der Waals surface area contributed by atoms with Gasteiger partial charge in [0.2, 0.25) is 0 Å². The van der Waals surface area contributed by atoms with Gasteiger partial charge in [0.1, 0.15) is 5.60 Å². The number of aromatic nitrogens is 1. The highest BCUT2D eigenvalue weighted by molar-refractivity contribution is 7.22. The number of nitro groups is 1. The summed E-state index contributed by atoms with van der Waals surface area (Å²) in [4.78, 5) is 31.2. The van der Waals surface area contributed by atoms with Crippen molar-refractivity contribution in [2.75, 3.05) is 24.5 Å². The van der Waals surface area contributed by atoms with E-state index in [0.717, 1.165) is 9.83 Å². The Morgan fingerprint density at radius 3 is 2.73 bits per heavy atom.